The van der Waals surface area contributed by atoms with Crippen molar-refractivity contribution in [2.75, 3.05) is 6.61 Å². The van der Waals surface area contributed by atoms with Crippen molar-refractivity contribution in [1.82, 2.24) is 0 Å². The Bertz CT molecular complexity index is 144. The molecule has 0 radical (unpaired) electrons. The van der Waals surface area contributed by atoms with Crippen molar-refractivity contribution < 1.29 is 14.6 Å². The van der Waals surface area contributed by atoms with Gasteiger partial charge in [-0.1, -0.05) is 0 Å². The summed E-state index contributed by atoms with van der Waals surface area (Å²) in [5, 5.41) is 8.52. The lowest BCUT2D eigenvalue weighted by Crippen LogP contribution is -2.10. The highest BCUT2D eigenvalue weighted by atomic mass is 16.5. The van der Waals surface area contributed by atoms with Crippen LogP contribution in [0.3, 0.4) is 0 Å². The molecule has 0 bridgehead atoms. The van der Waals surface area contributed by atoms with Crippen LogP contribution in [0.15, 0.2) is 0 Å². The third-order valence-electron chi connectivity index (χ3n) is 1.96. The van der Waals surface area contributed by atoms with E-state index in [-0.39, 0.29) is 24.6 Å². The molecule has 0 aliphatic carbocycles. The second-order valence-corrected chi connectivity index (χ2v) is 2.94. The van der Waals surface area contributed by atoms with Crippen LogP contribution in [0.5, 0.6) is 0 Å². The van der Waals surface area contributed by atoms with E-state index in [9.17, 15) is 4.79 Å². The van der Waals surface area contributed by atoms with Crippen LogP contribution < -0.4 is 0 Å². The smallest absolute Gasteiger partial charge is 0.163 e. The van der Waals surface area contributed by atoms with Gasteiger partial charge in [0, 0.05) is 13.0 Å². The molecule has 1 fully saturated rings. The van der Waals surface area contributed by atoms with E-state index in [2.05, 4.69) is 0 Å². The molecule has 64 valence electrons. The first-order chi connectivity index (χ1) is 5.24. The maximum absolute atomic E-state index is 11.0. The summed E-state index contributed by atoms with van der Waals surface area (Å²) in [4.78, 5) is 11.0. The van der Waals surface area contributed by atoms with Crippen molar-refractivity contribution in [3.8, 4) is 0 Å². The first-order valence-corrected chi connectivity index (χ1v) is 4.03. The van der Waals surface area contributed by atoms with Crippen LogP contribution in [-0.4, -0.2) is 29.7 Å². The fourth-order valence-electron chi connectivity index (χ4n) is 1.29. The molecule has 11 heavy (non-hydrogen) atoms. The molecule has 3 heteroatoms. The zero-order valence-electron chi connectivity index (χ0n) is 6.75. The molecule has 1 aliphatic rings. The summed E-state index contributed by atoms with van der Waals surface area (Å²) in [7, 11) is 0. The van der Waals surface area contributed by atoms with Crippen molar-refractivity contribution in [2.45, 2.75) is 38.4 Å². The average Bonchev–Trinajstić information content (AvgIpc) is 2.28. The van der Waals surface area contributed by atoms with Crippen LogP contribution >= 0.6 is 0 Å². The van der Waals surface area contributed by atoms with Crippen molar-refractivity contribution in [3.63, 3.8) is 0 Å². The number of Topliss-reactive ketones (excluding diaryl/α,β-unsaturated/α-hetero) is 1. The third kappa shape index (κ3) is 2.27. The summed E-state index contributed by atoms with van der Waals surface area (Å²) in [5.74, 6) is 0.188. The summed E-state index contributed by atoms with van der Waals surface area (Å²) >= 11 is 0. The highest BCUT2D eigenvalue weighted by Gasteiger charge is 2.28. The summed E-state index contributed by atoms with van der Waals surface area (Å²) < 4.78 is 5.31. The summed E-state index contributed by atoms with van der Waals surface area (Å²) in [6.45, 7) is 1.96. The van der Waals surface area contributed by atoms with Gasteiger partial charge in [-0.15, -0.1) is 0 Å². The third-order valence-corrected chi connectivity index (χ3v) is 1.96. The molecule has 1 N–H and O–H groups in total. The monoisotopic (exact) mass is 158 g/mol. The van der Waals surface area contributed by atoms with E-state index in [0.717, 1.165) is 12.8 Å². The number of aliphatic hydroxyl groups is 1. The van der Waals surface area contributed by atoms with Crippen molar-refractivity contribution in [3.05, 3.63) is 0 Å². The molecule has 2 unspecified atom stereocenters. The maximum Gasteiger partial charge on any atom is 0.163 e. The van der Waals surface area contributed by atoms with E-state index in [1.165, 1.54) is 0 Å². The minimum absolute atomic E-state index is 0.0599. The average molecular weight is 158 g/mol. The molecule has 0 aromatic rings. The topological polar surface area (TPSA) is 46.5 Å². The number of rotatable bonds is 3. The van der Waals surface area contributed by atoms with Crippen LogP contribution in [0, 0.1) is 0 Å². The highest BCUT2D eigenvalue weighted by molar-refractivity contribution is 5.84. The molecule has 1 heterocycles. The SMILES string of the molecule is CC1OC(CCCO)CC1=O. The van der Waals surface area contributed by atoms with Gasteiger partial charge in [-0.3, -0.25) is 4.79 Å². The second kappa shape index (κ2) is 3.83. The number of hydrogen-bond donors (Lipinski definition) is 1. The van der Waals surface area contributed by atoms with Gasteiger partial charge in [0.05, 0.1) is 6.10 Å². The Hall–Kier alpha value is -0.410. The Labute approximate surface area is 66.4 Å². The van der Waals surface area contributed by atoms with Gasteiger partial charge in [0.1, 0.15) is 6.10 Å². The van der Waals surface area contributed by atoms with Gasteiger partial charge < -0.3 is 9.84 Å². The van der Waals surface area contributed by atoms with E-state index in [0.29, 0.717) is 6.42 Å². The molecule has 1 aliphatic heterocycles. The van der Waals surface area contributed by atoms with Crippen LogP contribution in [0.25, 0.3) is 0 Å². The molecule has 0 aromatic heterocycles. The minimum atomic E-state index is -0.223. The van der Waals surface area contributed by atoms with Crippen LogP contribution in [0.1, 0.15) is 26.2 Å². The Morgan fingerprint density at radius 3 is 2.91 bits per heavy atom. The van der Waals surface area contributed by atoms with Crippen molar-refractivity contribution >= 4 is 5.78 Å². The first-order valence-electron chi connectivity index (χ1n) is 4.03. The second-order valence-electron chi connectivity index (χ2n) is 2.94. The van der Waals surface area contributed by atoms with Gasteiger partial charge in [-0.05, 0) is 19.8 Å². The number of aliphatic hydroxyl groups excluding tert-OH is 1. The molecule has 2 atom stereocenters. The predicted octanol–water partition coefficient (Wildman–Crippen LogP) is 0.505. The number of carbonyl (C=O) groups is 1. The van der Waals surface area contributed by atoms with Crippen LogP contribution in [0.4, 0.5) is 0 Å². The van der Waals surface area contributed by atoms with Gasteiger partial charge in [0.2, 0.25) is 0 Å². The number of carbonyl (C=O) groups excluding carboxylic acids is 1. The van der Waals surface area contributed by atoms with Gasteiger partial charge in [0.25, 0.3) is 0 Å². The minimum Gasteiger partial charge on any atom is -0.396 e. The van der Waals surface area contributed by atoms with Gasteiger partial charge in [-0.2, -0.15) is 0 Å². The largest absolute Gasteiger partial charge is 0.396 e. The zero-order chi connectivity index (χ0) is 8.27. The highest BCUT2D eigenvalue weighted by Crippen LogP contribution is 2.19. The molecular formula is C8H14O3. The zero-order valence-corrected chi connectivity index (χ0v) is 6.75. The fourth-order valence-corrected chi connectivity index (χ4v) is 1.29. The lowest BCUT2D eigenvalue weighted by molar-refractivity contribution is -0.121. The molecule has 0 spiro atoms. The summed E-state index contributed by atoms with van der Waals surface area (Å²) in [5.41, 5.74) is 0. The molecule has 1 saturated heterocycles. The maximum atomic E-state index is 11.0. The summed E-state index contributed by atoms with van der Waals surface area (Å²) in [6.07, 6.45) is 1.89. The van der Waals surface area contributed by atoms with Crippen LogP contribution in [-0.2, 0) is 9.53 Å². The van der Waals surface area contributed by atoms with Crippen molar-refractivity contribution in [1.29, 1.82) is 0 Å². The predicted molar refractivity (Wildman–Crippen MR) is 40.3 cm³/mol. The van der Waals surface area contributed by atoms with Gasteiger partial charge >= 0.3 is 0 Å². The van der Waals surface area contributed by atoms with Crippen LogP contribution in [0.2, 0.25) is 0 Å². The quantitative estimate of drug-likeness (QED) is 0.650. The molecule has 1 rings (SSSR count). The number of ether oxygens (including phenoxy) is 1. The molecule has 0 saturated carbocycles. The van der Waals surface area contributed by atoms with E-state index in [1.54, 1.807) is 6.92 Å². The normalized spacial score (nSPS) is 31.3. The Morgan fingerprint density at radius 1 is 1.73 bits per heavy atom. The standard InChI is InChI=1S/C8H14O3/c1-6-8(10)5-7(11-6)3-2-4-9/h6-7,9H,2-5H2,1H3. The Kier molecular flexibility index (Phi) is 3.02. The Balaban J connectivity index is 2.24. The molecular weight excluding hydrogens is 144 g/mol. The lowest BCUT2D eigenvalue weighted by atomic mass is 10.1. The Morgan fingerprint density at radius 2 is 2.45 bits per heavy atom. The number of hydrogen-bond acceptors (Lipinski definition) is 3. The van der Waals surface area contributed by atoms with E-state index >= 15 is 0 Å². The van der Waals surface area contributed by atoms with Gasteiger partial charge in [0.15, 0.2) is 5.78 Å². The van der Waals surface area contributed by atoms with E-state index in [4.69, 9.17) is 9.84 Å². The number of ketones is 1. The van der Waals surface area contributed by atoms with E-state index < -0.39 is 0 Å². The van der Waals surface area contributed by atoms with Gasteiger partial charge in [-0.25, -0.2) is 0 Å². The lowest BCUT2D eigenvalue weighted by Gasteiger charge is -2.07. The molecule has 0 aromatic carbocycles. The first kappa shape index (κ1) is 8.68. The molecule has 0 amide bonds. The van der Waals surface area contributed by atoms with Crippen molar-refractivity contribution in [2.24, 2.45) is 0 Å². The fraction of sp³-hybridized carbons (Fsp3) is 0.875. The van der Waals surface area contributed by atoms with E-state index in [1.807, 2.05) is 0 Å². The molecule has 3 nitrogen and oxygen atoms in total. The summed E-state index contributed by atoms with van der Waals surface area (Å²) in [6, 6.07) is 0.